The Hall–Kier alpha value is -0.610. The van der Waals surface area contributed by atoms with Crippen LogP contribution in [0.15, 0.2) is 22.3 Å². The van der Waals surface area contributed by atoms with Gasteiger partial charge in [0.15, 0.2) is 0 Å². The fourth-order valence-electron chi connectivity index (χ4n) is 2.50. The number of aromatic nitrogens is 2. The Bertz CT molecular complexity index is 389. The lowest BCUT2D eigenvalue weighted by atomic mass is 9.93. The third kappa shape index (κ3) is 2.99. The van der Waals surface area contributed by atoms with Crippen LogP contribution in [0.5, 0.6) is 0 Å². The van der Waals surface area contributed by atoms with Gasteiger partial charge in [-0.15, -0.1) is 0 Å². The minimum Gasteiger partial charge on any atom is -0.311 e. The monoisotopic (exact) mass is 297 g/mol. The lowest BCUT2D eigenvalue weighted by Crippen LogP contribution is -2.20. The number of allylic oxidation sites excluding steroid dienone is 1. The molecule has 0 saturated heterocycles. The van der Waals surface area contributed by atoms with E-state index in [-0.39, 0.29) is 0 Å². The molecule has 94 valence electrons. The van der Waals surface area contributed by atoms with Crippen molar-refractivity contribution in [1.29, 1.82) is 0 Å². The first-order chi connectivity index (χ1) is 8.22. The standard InChI is InChI=1S/C13H20BrN3/c1-15-12(8-10-6-4-3-5-7-10)13-11(14)9-16-17(13)2/h6,9,12,15H,3-5,7-8H2,1-2H3. The molecule has 0 bridgehead atoms. The SMILES string of the molecule is CNC(CC1=CCCCC1)c1c(Br)cnn1C. The van der Waals surface area contributed by atoms with Gasteiger partial charge >= 0.3 is 0 Å². The van der Waals surface area contributed by atoms with Crippen molar-refractivity contribution < 1.29 is 0 Å². The zero-order chi connectivity index (χ0) is 12.3. The molecule has 1 atom stereocenters. The van der Waals surface area contributed by atoms with Crippen molar-refractivity contribution in [3.63, 3.8) is 0 Å². The summed E-state index contributed by atoms with van der Waals surface area (Å²) in [6.07, 6.45) is 10.6. The van der Waals surface area contributed by atoms with Crippen LogP contribution in [0.25, 0.3) is 0 Å². The van der Waals surface area contributed by atoms with Crippen LogP contribution in [0, 0.1) is 0 Å². The molecule has 17 heavy (non-hydrogen) atoms. The van der Waals surface area contributed by atoms with Crippen LogP contribution in [0.1, 0.15) is 43.8 Å². The van der Waals surface area contributed by atoms with E-state index in [1.165, 1.54) is 31.4 Å². The summed E-state index contributed by atoms with van der Waals surface area (Å²) in [5.41, 5.74) is 2.82. The molecule has 0 radical (unpaired) electrons. The van der Waals surface area contributed by atoms with Gasteiger partial charge in [0.25, 0.3) is 0 Å². The van der Waals surface area contributed by atoms with Crippen molar-refractivity contribution in [2.45, 2.75) is 38.1 Å². The molecule has 1 aromatic heterocycles. The van der Waals surface area contributed by atoms with Crippen LogP contribution >= 0.6 is 15.9 Å². The Balaban J connectivity index is 2.14. The number of rotatable bonds is 4. The summed E-state index contributed by atoms with van der Waals surface area (Å²) in [4.78, 5) is 0. The molecule has 0 aromatic carbocycles. The third-order valence-corrected chi connectivity index (χ3v) is 4.08. The second-order valence-corrected chi connectivity index (χ2v) is 5.51. The second-order valence-electron chi connectivity index (χ2n) is 4.65. The highest BCUT2D eigenvalue weighted by molar-refractivity contribution is 9.10. The number of nitrogens with zero attached hydrogens (tertiary/aromatic N) is 2. The average Bonchev–Trinajstić information content (AvgIpc) is 2.68. The normalized spacial score (nSPS) is 17.9. The van der Waals surface area contributed by atoms with E-state index in [1.807, 2.05) is 25.0 Å². The zero-order valence-electron chi connectivity index (χ0n) is 10.5. The smallest absolute Gasteiger partial charge is 0.0695 e. The average molecular weight is 298 g/mol. The molecule has 1 aliphatic carbocycles. The summed E-state index contributed by atoms with van der Waals surface area (Å²) in [6.45, 7) is 0. The summed E-state index contributed by atoms with van der Waals surface area (Å²) in [6, 6.07) is 0.348. The zero-order valence-corrected chi connectivity index (χ0v) is 12.1. The molecule has 3 nitrogen and oxygen atoms in total. The fraction of sp³-hybridized carbons (Fsp3) is 0.615. The first-order valence-electron chi connectivity index (χ1n) is 6.25. The van der Waals surface area contributed by atoms with Gasteiger partial charge in [0, 0.05) is 7.05 Å². The lowest BCUT2D eigenvalue weighted by Gasteiger charge is -2.21. The van der Waals surface area contributed by atoms with E-state index in [2.05, 4.69) is 32.4 Å². The van der Waals surface area contributed by atoms with Crippen molar-refractivity contribution >= 4 is 15.9 Å². The first-order valence-corrected chi connectivity index (χ1v) is 7.04. The van der Waals surface area contributed by atoms with Gasteiger partial charge in [-0.25, -0.2) is 0 Å². The fourth-order valence-corrected chi connectivity index (χ4v) is 3.12. The molecular formula is C13H20BrN3. The summed E-state index contributed by atoms with van der Waals surface area (Å²) >= 11 is 3.58. The Labute approximate surface area is 111 Å². The van der Waals surface area contributed by atoms with E-state index in [1.54, 1.807) is 5.57 Å². The van der Waals surface area contributed by atoms with Gasteiger partial charge < -0.3 is 5.32 Å². The van der Waals surface area contributed by atoms with E-state index in [0.717, 1.165) is 10.9 Å². The molecule has 0 amide bonds. The highest BCUT2D eigenvalue weighted by Gasteiger charge is 2.19. The Morgan fingerprint density at radius 1 is 1.53 bits per heavy atom. The Morgan fingerprint density at radius 3 is 2.88 bits per heavy atom. The maximum Gasteiger partial charge on any atom is 0.0695 e. The molecular weight excluding hydrogens is 278 g/mol. The van der Waals surface area contributed by atoms with E-state index in [0.29, 0.717) is 6.04 Å². The van der Waals surface area contributed by atoms with Crippen LogP contribution < -0.4 is 5.32 Å². The van der Waals surface area contributed by atoms with Gasteiger partial charge in [-0.3, -0.25) is 4.68 Å². The Kier molecular flexibility index (Phi) is 4.40. The van der Waals surface area contributed by atoms with E-state index in [4.69, 9.17) is 0 Å². The van der Waals surface area contributed by atoms with Crippen molar-refractivity contribution in [3.8, 4) is 0 Å². The van der Waals surface area contributed by atoms with E-state index < -0.39 is 0 Å². The van der Waals surface area contributed by atoms with Gasteiger partial charge in [0.05, 0.1) is 22.4 Å². The van der Waals surface area contributed by atoms with Crippen molar-refractivity contribution in [3.05, 3.63) is 28.0 Å². The molecule has 0 saturated carbocycles. The molecule has 1 N–H and O–H groups in total. The maximum absolute atomic E-state index is 4.29. The van der Waals surface area contributed by atoms with Crippen LogP contribution in [-0.2, 0) is 7.05 Å². The number of hydrogen-bond acceptors (Lipinski definition) is 2. The lowest BCUT2D eigenvalue weighted by molar-refractivity contribution is 0.517. The van der Waals surface area contributed by atoms with Gasteiger partial charge in [0.1, 0.15) is 0 Å². The van der Waals surface area contributed by atoms with Gasteiger partial charge in [-0.05, 0) is 55.1 Å². The minimum atomic E-state index is 0.348. The molecule has 1 heterocycles. The number of halogens is 1. The number of aryl methyl sites for hydroxylation is 1. The van der Waals surface area contributed by atoms with Gasteiger partial charge in [-0.2, -0.15) is 5.10 Å². The quantitative estimate of drug-likeness (QED) is 0.864. The highest BCUT2D eigenvalue weighted by atomic mass is 79.9. The molecule has 0 aliphatic heterocycles. The van der Waals surface area contributed by atoms with Gasteiger partial charge in [0.2, 0.25) is 0 Å². The van der Waals surface area contributed by atoms with Crippen LogP contribution in [-0.4, -0.2) is 16.8 Å². The van der Waals surface area contributed by atoms with Crippen LogP contribution in [0.2, 0.25) is 0 Å². The number of nitrogens with one attached hydrogen (secondary N) is 1. The van der Waals surface area contributed by atoms with Crippen molar-refractivity contribution in [2.24, 2.45) is 7.05 Å². The second kappa shape index (κ2) is 5.83. The summed E-state index contributed by atoms with van der Waals surface area (Å²) in [7, 11) is 4.02. The molecule has 4 heteroatoms. The molecule has 0 spiro atoms. The molecule has 1 unspecified atom stereocenters. The molecule has 2 rings (SSSR count). The highest BCUT2D eigenvalue weighted by Crippen LogP contribution is 2.30. The maximum atomic E-state index is 4.29. The predicted molar refractivity (Wildman–Crippen MR) is 73.9 cm³/mol. The molecule has 1 aromatic rings. The predicted octanol–water partition coefficient (Wildman–Crippen LogP) is 3.33. The number of hydrogen-bond donors (Lipinski definition) is 1. The van der Waals surface area contributed by atoms with Crippen LogP contribution in [0.4, 0.5) is 0 Å². The summed E-state index contributed by atoms with van der Waals surface area (Å²) in [5.74, 6) is 0. The van der Waals surface area contributed by atoms with Crippen molar-refractivity contribution in [2.75, 3.05) is 7.05 Å². The van der Waals surface area contributed by atoms with E-state index >= 15 is 0 Å². The Morgan fingerprint density at radius 2 is 2.35 bits per heavy atom. The molecule has 1 aliphatic rings. The minimum absolute atomic E-state index is 0.348. The topological polar surface area (TPSA) is 29.9 Å². The summed E-state index contributed by atoms with van der Waals surface area (Å²) in [5, 5.41) is 7.69. The van der Waals surface area contributed by atoms with Crippen molar-refractivity contribution in [1.82, 2.24) is 15.1 Å². The first kappa shape index (κ1) is 12.8. The van der Waals surface area contributed by atoms with E-state index in [9.17, 15) is 0 Å². The molecule has 0 fully saturated rings. The van der Waals surface area contributed by atoms with Gasteiger partial charge in [-0.1, -0.05) is 11.6 Å². The summed E-state index contributed by atoms with van der Waals surface area (Å²) < 4.78 is 3.05. The largest absolute Gasteiger partial charge is 0.311 e. The third-order valence-electron chi connectivity index (χ3n) is 3.47. The van der Waals surface area contributed by atoms with Crippen LogP contribution in [0.3, 0.4) is 0 Å².